The number of fused-ring (bicyclic) bond motifs is 1. The minimum Gasteiger partial charge on any atom is -0.491 e. The lowest BCUT2D eigenvalue weighted by atomic mass is 9.73. The molecule has 0 aliphatic carbocycles. The SMILES string of the molecule is CN1CCC2OCCCC2(COc2cccnc2)C1. The summed E-state index contributed by atoms with van der Waals surface area (Å²) in [5.74, 6) is 0.856. The van der Waals surface area contributed by atoms with Crippen molar-refractivity contribution in [1.82, 2.24) is 9.88 Å². The van der Waals surface area contributed by atoms with E-state index < -0.39 is 0 Å². The van der Waals surface area contributed by atoms with Crippen molar-refractivity contribution in [1.29, 1.82) is 0 Å². The maximum Gasteiger partial charge on any atom is 0.137 e. The predicted molar refractivity (Wildman–Crippen MR) is 73.3 cm³/mol. The van der Waals surface area contributed by atoms with Crippen LogP contribution in [0.3, 0.4) is 0 Å². The van der Waals surface area contributed by atoms with Gasteiger partial charge in [0.1, 0.15) is 5.75 Å². The molecule has 0 N–H and O–H groups in total. The number of nitrogens with zero attached hydrogens (tertiary/aromatic N) is 2. The Hall–Kier alpha value is -1.13. The van der Waals surface area contributed by atoms with Crippen LogP contribution in [0.15, 0.2) is 24.5 Å². The molecule has 0 saturated carbocycles. The van der Waals surface area contributed by atoms with Gasteiger partial charge in [0.15, 0.2) is 0 Å². The van der Waals surface area contributed by atoms with Crippen molar-refractivity contribution in [2.45, 2.75) is 25.4 Å². The van der Waals surface area contributed by atoms with Crippen LogP contribution in [-0.4, -0.2) is 49.3 Å². The van der Waals surface area contributed by atoms with Gasteiger partial charge in [0.2, 0.25) is 0 Å². The van der Waals surface area contributed by atoms with Crippen LogP contribution in [0.1, 0.15) is 19.3 Å². The third kappa shape index (κ3) is 2.74. The molecule has 2 atom stereocenters. The summed E-state index contributed by atoms with van der Waals surface area (Å²) < 4.78 is 12.0. The number of rotatable bonds is 3. The maximum atomic E-state index is 6.00. The van der Waals surface area contributed by atoms with E-state index in [0.29, 0.717) is 6.10 Å². The number of pyridine rings is 1. The van der Waals surface area contributed by atoms with Crippen molar-refractivity contribution in [2.24, 2.45) is 5.41 Å². The van der Waals surface area contributed by atoms with E-state index in [4.69, 9.17) is 9.47 Å². The quantitative estimate of drug-likeness (QED) is 0.834. The van der Waals surface area contributed by atoms with Gasteiger partial charge in [0.05, 0.1) is 18.9 Å². The van der Waals surface area contributed by atoms with Crippen LogP contribution in [0.4, 0.5) is 0 Å². The Balaban J connectivity index is 1.71. The normalized spacial score (nSPS) is 31.7. The van der Waals surface area contributed by atoms with Crippen LogP contribution in [-0.2, 0) is 4.74 Å². The van der Waals surface area contributed by atoms with Gasteiger partial charge >= 0.3 is 0 Å². The summed E-state index contributed by atoms with van der Waals surface area (Å²) in [4.78, 5) is 6.50. The zero-order valence-corrected chi connectivity index (χ0v) is 11.5. The Morgan fingerprint density at radius 2 is 2.53 bits per heavy atom. The average Bonchev–Trinajstić information content (AvgIpc) is 2.46. The van der Waals surface area contributed by atoms with Gasteiger partial charge in [0, 0.05) is 31.3 Å². The largest absolute Gasteiger partial charge is 0.491 e. The lowest BCUT2D eigenvalue weighted by Crippen LogP contribution is -2.56. The van der Waals surface area contributed by atoms with Gasteiger partial charge in [-0.25, -0.2) is 0 Å². The molecule has 2 aliphatic rings. The number of hydrogen-bond donors (Lipinski definition) is 0. The van der Waals surface area contributed by atoms with E-state index in [2.05, 4.69) is 16.9 Å². The first-order chi connectivity index (χ1) is 9.28. The van der Waals surface area contributed by atoms with E-state index >= 15 is 0 Å². The van der Waals surface area contributed by atoms with Crippen molar-refractivity contribution >= 4 is 0 Å². The van der Waals surface area contributed by atoms with Gasteiger partial charge in [-0.05, 0) is 38.4 Å². The fourth-order valence-electron chi connectivity index (χ4n) is 3.38. The summed E-state index contributed by atoms with van der Waals surface area (Å²) >= 11 is 0. The molecule has 0 bridgehead atoms. The predicted octanol–water partition coefficient (Wildman–Crippen LogP) is 1.96. The first kappa shape index (κ1) is 12.9. The molecule has 2 fully saturated rings. The third-order valence-electron chi connectivity index (χ3n) is 4.34. The summed E-state index contributed by atoms with van der Waals surface area (Å²) in [5, 5.41) is 0. The Bertz CT molecular complexity index is 412. The molecule has 0 aromatic carbocycles. The van der Waals surface area contributed by atoms with Crippen LogP contribution < -0.4 is 4.74 Å². The molecule has 1 aromatic rings. The zero-order valence-electron chi connectivity index (χ0n) is 11.5. The van der Waals surface area contributed by atoms with E-state index in [0.717, 1.165) is 44.9 Å². The zero-order chi connectivity index (χ0) is 13.1. The molecule has 1 aromatic heterocycles. The van der Waals surface area contributed by atoms with Crippen LogP contribution in [0.5, 0.6) is 5.75 Å². The van der Waals surface area contributed by atoms with E-state index in [1.165, 1.54) is 6.42 Å². The van der Waals surface area contributed by atoms with E-state index in [1.807, 2.05) is 12.1 Å². The molecule has 104 valence electrons. The Labute approximate surface area is 114 Å². The molecular weight excluding hydrogens is 240 g/mol. The van der Waals surface area contributed by atoms with Crippen LogP contribution in [0.25, 0.3) is 0 Å². The van der Waals surface area contributed by atoms with Crippen LogP contribution >= 0.6 is 0 Å². The average molecular weight is 262 g/mol. The molecule has 19 heavy (non-hydrogen) atoms. The van der Waals surface area contributed by atoms with Gasteiger partial charge < -0.3 is 14.4 Å². The van der Waals surface area contributed by atoms with E-state index in [1.54, 1.807) is 12.4 Å². The summed E-state index contributed by atoms with van der Waals surface area (Å²) in [6, 6.07) is 3.88. The highest BCUT2D eigenvalue weighted by molar-refractivity contribution is 5.16. The van der Waals surface area contributed by atoms with Crippen molar-refractivity contribution < 1.29 is 9.47 Å². The summed E-state index contributed by atoms with van der Waals surface area (Å²) in [5.41, 5.74) is 0.154. The fraction of sp³-hybridized carbons (Fsp3) is 0.667. The van der Waals surface area contributed by atoms with Gasteiger partial charge in [-0.3, -0.25) is 4.98 Å². The highest BCUT2D eigenvalue weighted by atomic mass is 16.5. The number of aromatic nitrogens is 1. The second-order valence-corrected chi connectivity index (χ2v) is 5.83. The molecule has 2 aliphatic heterocycles. The molecule has 4 nitrogen and oxygen atoms in total. The first-order valence-electron chi connectivity index (χ1n) is 7.11. The van der Waals surface area contributed by atoms with Crippen LogP contribution in [0, 0.1) is 5.41 Å². The third-order valence-corrected chi connectivity index (χ3v) is 4.34. The lowest BCUT2D eigenvalue weighted by molar-refractivity contribution is -0.136. The Morgan fingerprint density at radius 1 is 1.58 bits per heavy atom. The van der Waals surface area contributed by atoms with Gasteiger partial charge in [-0.15, -0.1) is 0 Å². The summed E-state index contributed by atoms with van der Waals surface area (Å²) in [6.45, 7) is 3.83. The lowest BCUT2D eigenvalue weighted by Gasteiger charge is -2.49. The minimum atomic E-state index is 0.154. The van der Waals surface area contributed by atoms with Crippen molar-refractivity contribution in [2.75, 3.05) is 33.4 Å². The fourth-order valence-corrected chi connectivity index (χ4v) is 3.38. The second kappa shape index (κ2) is 5.47. The second-order valence-electron chi connectivity index (χ2n) is 5.83. The van der Waals surface area contributed by atoms with Gasteiger partial charge in [-0.2, -0.15) is 0 Å². The van der Waals surface area contributed by atoms with Crippen molar-refractivity contribution in [3.8, 4) is 5.75 Å². The standard InChI is InChI=1S/C15H22N2O2/c1-17-8-5-14-15(11-17,6-3-9-18-14)12-19-13-4-2-7-16-10-13/h2,4,7,10,14H,3,5-6,8-9,11-12H2,1H3. The maximum absolute atomic E-state index is 6.00. The topological polar surface area (TPSA) is 34.6 Å². The van der Waals surface area contributed by atoms with Gasteiger partial charge in [-0.1, -0.05) is 0 Å². The van der Waals surface area contributed by atoms with Crippen LogP contribution in [0.2, 0.25) is 0 Å². The number of ether oxygens (including phenoxy) is 2. The van der Waals surface area contributed by atoms with Crippen molar-refractivity contribution in [3.63, 3.8) is 0 Å². The summed E-state index contributed by atoms with van der Waals surface area (Å²) in [7, 11) is 2.19. The molecule has 0 spiro atoms. The molecule has 0 radical (unpaired) electrons. The van der Waals surface area contributed by atoms with Gasteiger partial charge in [0.25, 0.3) is 0 Å². The molecular formula is C15H22N2O2. The molecule has 3 rings (SSSR count). The number of piperidine rings is 1. The molecule has 3 heterocycles. The highest BCUT2D eigenvalue weighted by Gasteiger charge is 2.45. The van der Waals surface area contributed by atoms with E-state index in [9.17, 15) is 0 Å². The molecule has 2 saturated heterocycles. The number of likely N-dealkylation sites (tertiary alicyclic amines) is 1. The summed E-state index contributed by atoms with van der Waals surface area (Å²) in [6.07, 6.45) is 7.36. The first-order valence-corrected chi connectivity index (χ1v) is 7.11. The minimum absolute atomic E-state index is 0.154. The molecule has 0 amide bonds. The Kier molecular flexibility index (Phi) is 3.71. The monoisotopic (exact) mass is 262 g/mol. The number of hydrogen-bond acceptors (Lipinski definition) is 4. The smallest absolute Gasteiger partial charge is 0.137 e. The molecule has 2 unspecified atom stereocenters. The highest BCUT2D eigenvalue weighted by Crippen LogP contribution is 2.40. The van der Waals surface area contributed by atoms with E-state index in [-0.39, 0.29) is 5.41 Å². The Morgan fingerprint density at radius 3 is 3.37 bits per heavy atom. The van der Waals surface area contributed by atoms with Crippen molar-refractivity contribution in [3.05, 3.63) is 24.5 Å². The molecule has 4 heteroatoms.